The number of nitrogens with one attached hydrogen (secondary N) is 1. The average Bonchev–Trinajstić information content (AvgIpc) is 3.78. The van der Waals surface area contributed by atoms with Crippen molar-refractivity contribution in [3.8, 4) is 16.9 Å². The number of para-hydroxylation sites is 3. The molecule has 0 spiro atoms. The van der Waals surface area contributed by atoms with E-state index in [-0.39, 0.29) is 6.23 Å². The third-order valence-electron chi connectivity index (χ3n) is 9.70. The molecule has 0 amide bonds. The van der Waals surface area contributed by atoms with Gasteiger partial charge in [0.2, 0.25) is 0 Å². The van der Waals surface area contributed by atoms with Crippen LogP contribution < -0.4 is 15.0 Å². The first-order chi connectivity index (χ1) is 24.3. The zero-order valence-electron chi connectivity index (χ0n) is 26.5. The second kappa shape index (κ2) is 11.0. The molecule has 8 aromatic carbocycles. The number of furan rings is 1. The monoisotopic (exact) mass is 630 g/mol. The van der Waals surface area contributed by atoms with Crippen LogP contribution in [0.3, 0.4) is 0 Å². The molecule has 1 unspecified atom stereocenters. The van der Waals surface area contributed by atoms with Gasteiger partial charge < -0.3 is 19.4 Å². The molecule has 0 bridgehead atoms. The maximum atomic E-state index is 6.46. The standard InChI is InChI=1S/C45H30N2O2/c1-3-13-30(14-4-1)45-46-44-41(49-45)28-26-29-25-27-33-34(42(29)44)19-11-22-38(33)47(31-15-5-2-6-16-31)37-21-9-7-17-32(37)35-20-12-24-40-43(35)36-18-8-10-23-39(36)48-40/h1-28,45-46H. The van der Waals surface area contributed by atoms with E-state index in [4.69, 9.17) is 9.15 Å². The Morgan fingerprint density at radius 2 is 1.14 bits per heavy atom. The molecule has 10 rings (SSSR count). The van der Waals surface area contributed by atoms with E-state index in [0.29, 0.717) is 0 Å². The highest BCUT2D eigenvalue weighted by Crippen LogP contribution is 2.49. The maximum Gasteiger partial charge on any atom is 0.196 e. The Kier molecular flexibility index (Phi) is 6.21. The van der Waals surface area contributed by atoms with Gasteiger partial charge in [0, 0.05) is 38.4 Å². The summed E-state index contributed by atoms with van der Waals surface area (Å²) >= 11 is 0. The van der Waals surface area contributed by atoms with E-state index in [9.17, 15) is 0 Å². The molecule has 232 valence electrons. The van der Waals surface area contributed by atoms with Gasteiger partial charge in [0.1, 0.15) is 16.9 Å². The van der Waals surface area contributed by atoms with Gasteiger partial charge in [0.05, 0.1) is 17.1 Å². The zero-order chi connectivity index (χ0) is 32.3. The van der Waals surface area contributed by atoms with Crippen LogP contribution in [-0.4, -0.2) is 0 Å². The van der Waals surface area contributed by atoms with Crippen molar-refractivity contribution >= 4 is 66.2 Å². The third kappa shape index (κ3) is 4.38. The predicted molar refractivity (Wildman–Crippen MR) is 202 cm³/mol. The Morgan fingerprint density at radius 1 is 0.469 bits per heavy atom. The molecule has 0 saturated heterocycles. The average molecular weight is 631 g/mol. The topological polar surface area (TPSA) is 37.6 Å². The molecule has 2 heterocycles. The molecule has 0 fully saturated rings. The summed E-state index contributed by atoms with van der Waals surface area (Å²) in [7, 11) is 0. The highest BCUT2D eigenvalue weighted by molar-refractivity contribution is 6.19. The fourth-order valence-corrected chi connectivity index (χ4v) is 7.53. The molecule has 1 N–H and O–H groups in total. The van der Waals surface area contributed by atoms with Crippen molar-refractivity contribution in [3.05, 3.63) is 175 Å². The third-order valence-corrected chi connectivity index (χ3v) is 9.70. The Bertz CT molecular complexity index is 2680. The first-order valence-electron chi connectivity index (χ1n) is 16.6. The van der Waals surface area contributed by atoms with Gasteiger partial charge in [-0.3, -0.25) is 0 Å². The fourth-order valence-electron chi connectivity index (χ4n) is 7.53. The van der Waals surface area contributed by atoms with Crippen LogP contribution in [0.2, 0.25) is 0 Å². The van der Waals surface area contributed by atoms with Gasteiger partial charge >= 0.3 is 0 Å². The van der Waals surface area contributed by atoms with Crippen LogP contribution in [0.1, 0.15) is 11.8 Å². The largest absolute Gasteiger partial charge is 0.464 e. The highest BCUT2D eigenvalue weighted by Gasteiger charge is 2.27. The van der Waals surface area contributed by atoms with Gasteiger partial charge in [-0.05, 0) is 58.8 Å². The lowest BCUT2D eigenvalue weighted by Gasteiger charge is -2.29. The molecule has 49 heavy (non-hydrogen) atoms. The van der Waals surface area contributed by atoms with Crippen molar-refractivity contribution in [3.63, 3.8) is 0 Å². The van der Waals surface area contributed by atoms with Crippen LogP contribution in [0.4, 0.5) is 22.7 Å². The zero-order valence-corrected chi connectivity index (χ0v) is 26.5. The van der Waals surface area contributed by atoms with Crippen molar-refractivity contribution in [2.75, 3.05) is 10.2 Å². The quantitative estimate of drug-likeness (QED) is 0.192. The molecular weight excluding hydrogens is 601 g/mol. The number of hydrogen-bond donors (Lipinski definition) is 1. The van der Waals surface area contributed by atoms with Crippen LogP contribution in [0, 0.1) is 0 Å². The van der Waals surface area contributed by atoms with E-state index in [0.717, 1.165) is 83.3 Å². The lowest BCUT2D eigenvalue weighted by Crippen LogP contribution is -2.11. The second-order valence-electron chi connectivity index (χ2n) is 12.5. The summed E-state index contributed by atoms with van der Waals surface area (Å²) in [6, 6.07) is 59.7. The van der Waals surface area contributed by atoms with Gasteiger partial charge in [-0.2, -0.15) is 0 Å². The van der Waals surface area contributed by atoms with E-state index in [1.807, 2.05) is 18.2 Å². The number of hydrogen-bond acceptors (Lipinski definition) is 4. The van der Waals surface area contributed by atoms with Gasteiger partial charge in [-0.1, -0.05) is 127 Å². The minimum atomic E-state index is -0.241. The van der Waals surface area contributed by atoms with E-state index >= 15 is 0 Å². The Morgan fingerprint density at radius 3 is 2.04 bits per heavy atom. The number of benzene rings is 8. The van der Waals surface area contributed by atoms with E-state index < -0.39 is 0 Å². The summed E-state index contributed by atoms with van der Waals surface area (Å²) in [5, 5.41) is 10.6. The molecule has 0 radical (unpaired) electrons. The van der Waals surface area contributed by atoms with Crippen molar-refractivity contribution < 1.29 is 9.15 Å². The smallest absolute Gasteiger partial charge is 0.196 e. The fraction of sp³-hybridized carbons (Fsp3) is 0.0222. The Balaban J connectivity index is 1.21. The molecule has 1 aliphatic rings. The normalized spacial score (nSPS) is 13.8. The summed E-state index contributed by atoms with van der Waals surface area (Å²) in [4.78, 5) is 2.39. The first kappa shape index (κ1) is 27.6. The summed E-state index contributed by atoms with van der Waals surface area (Å²) in [5.41, 5.74) is 9.42. The lowest BCUT2D eigenvalue weighted by molar-refractivity contribution is 0.260. The second-order valence-corrected chi connectivity index (χ2v) is 12.5. The van der Waals surface area contributed by atoms with Crippen molar-refractivity contribution in [2.45, 2.75) is 6.23 Å². The summed E-state index contributed by atoms with van der Waals surface area (Å²) < 4.78 is 12.8. The lowest BCUT2D eigenvalue weighted by atomic mass is 9.95. The SMILES string of the molecule is c1ccc(C2Nc3c(ccc4ccc5c(N(c6ccccc6)c6ccccc6-c6cccc7oc8ccccc8c67)cccc5c34)O2)cc1. The summed E-state index contributed by atoms with van der Waals surface area (Å²) in [6.07, 6.45) is -0.241. The number of nitrogens with zero attached hydrogens (tertiary/aromatic N) is 1. The van der Waals surface area contributed by atoms with Crippen molar-refractivity contribution in [1.82, 2.24) is 0 Å². The molecule has 1 aromatic heterocycles. The van der Waals surface area contributed by atoms with Gasteiger partial charge in [0.15, 0.2) is 6.23 Å². The van der Waals surface area contributed by atoms with E-state index in [2.05, 4.69) is 162 Å². The number of fused-ring (bicyclic) bond motifs is 8. The number of rotatable bonds is 5. The molecule has 4 nitrogen and oxygen atoms in total. The maximum absolute atomic E-state index is 6.46. The number of anilines is 4. The Hall–Kier alpha value is -6.52. The van der Waals surface area contributed by atoms with Crippen LogP contribution in [0.5, 0.6) is 5.75 Å². The number of ether oxygens (including phenoxy) is 1. The van der Waals surface area contributed by atoms with Crippen LogP contribution in [-0.2, 0) is 0 Å². The predicted octanol–water partition coefficient (Wildman–Crippen LogP) is 12.5. The van der Waals surface area contributed by atoms with Crippen LogP contribution in [0.15, 0.2) is 174 Å². The van der Waals surface area contributed by atoms with E-state index in [1.165, 1.54) is 5.39 Å². The summed E-state index contributed by atoms with van der Waals surface area (Å²) in [5.74, 6) is 0.866. The van der Waals surface area contributed by atoms with Crippen LogP contribution in [0.25, 0.3) is 54.6 Å². The minimum Gasteiger partial charge on any atom is -0.464 e. The molecule has 0 saturated carbocycles. The molecule has 0 aliphatic carbocycles. The van der Waals surface area contributed by atoms with Crippen LogP contribution >= 0.6 is 0 Å². The minimum absolute atomic E-state index is 0.241. The molecule has 9 aromatic rings. The molecular formula is C45H30N2O2. The molecule has 1 aliphatic heterocycles. The first-order valence-corrected chi connectivity index (χ1v) is 16.6. The summed E-state index contributed by atoms with van der Waals surface area (Å²) in [6.45, 7) is 0. The van der Waals surface area contributed by atoms with Crippen molar-refractivity contribution in [1.29, 1.82) is 0 Å². The van der Waals surface area contributed by atoms with Gasteiger partial charge in [0.25, 0.3) is 0 Å². The van der Waals surface area contributed by atoms with Gasteiger partial charge in [-0.15, -0.1) is 0 Å². The highest BCUT2D eigenvalue weighted by atomic mass is 16.5. The Labute approximate surface area is 283 Å². The molecule has 1 atom stereocenters. The molecule has 4 heteroatoms. The van der Waals surface area contributed by atoms with E-state index in [1.54, 1.807) is 0 Å². The van der Waals surface area contributed by atoms with Crippen molar-refractivity contribution in [2.24, 2.45) is 0 Å². The van der Waals surface area contributed by atoms with Gasteiger partial charge in [-0.25, -0.2) is 0 Å².